The highest BCUT2D eigenvalue weighted by Crippen LogP contribution is 2.28. The first kappa shape index (κ1) is 19.9. The number of nitrogens with one attached hydrogen (secondary N) is 2. The molecule has 0 fully saturated rings. The van der Waals surface area contributed by atoms with E-state index < -0.39 is 6.09 Å². The molecule has 3 aromatic carbocycles. The summed E-state index contributed by atoms with van der Waals surface area (Å²) in [5.74, 6) is 0.380. The van der Waals surface area contributed by atoms with Crippen LogP contribution in [0.2, 0.25) is 10.0 Å². The molecule has 30 heavy (non-hydrogen) atoms. The van der Waals surface area contributed by atoms with Crippen molar-refractivity contribution in [2.45, 2.75) is 0 Å². The molecule has 0 radical (unpaired) electrons. The Bertz CT molecular complexity index is 1150. The molecule has 0 saturated carbocycles. The number of carbonyl (C=O) groups excluding carboxylic acids is 1. The highest BCUT2D eigenvalue weighted by molar-refractivity contribution is 6.31. The normalized spacial score (nSPS) is 12.7. The molecule has 4 rings (SSSR count). The number of hydrogen-bond donors (Lipinski definition) is 2. The molecule has 2 N–H and O–H groups in total. The monoisotopic (exact) mass is 438 g/mol. The van der Waals surface area contributed by atoms with E-state index in [1.807, 2.05) is 36.4 Å². The van der Waals surface area contributed by atoms with Gasteiger partial charge in [0, 0.05) is 26.9 Å². The van der Waals surface area contributed by atoms with Gasteiger partial charge < -0.3 is 4.84 Å². The van der Waals surface area contributed by atoms with Crippen LogP contribution in [0.5, 0.6) is 0 Å². The van der Waals surface area contributed by atoms with Gasteiger partial charge in [-0.3, -0.25) is 10.3 Å². The lowest BCUT2D eigenvalue weighted by molar-refractivity contribution is 0.134. The van der Waals surface area contributed by atoms with Gasteiger partial charge in [0.25, 0.3) is 0 Å². The van der Waals surface area contributed by atoms with Gasteiger partial charge in [0.05, 0.1) is 11.4 Å². The van der Waals surface area contributed by atoms with Crippen molar-refractivity contribution in [3.63, 3.8) is 0 Å². The second-order valence-corrected chi connectivity index (χ2v) is 7.25. The highest BCUT2D eigenvalue weighted by atomic mass is 35.5. The number of carbonyl (C=O) groups is 1. The van der Waals surface area contributed by atoms with Crippen LogP contribution >= 0.6 is 23.2 Å². The predicted octanol–water partition coefficient (Wildman–Crippen LogP) is 5.63. The Morgan fingerprint density at radius 3 is 2.53 bits per heavy atom. The number of anilines is 1. The van der Waals surface area contributed by atoms with Crippen LogP contribution in [-0.4, -0.2) is 24.2 Å². The van der Waals surface area contributed by atoms with Crippen molar-refractivity contribution in [1.82, 2.24) is 5.48 Å². The lowest BCUT2D eigenvalue weighted by Crippen LogP contribution is -2.31. The zero-order valence-corrected chi connectivity index (χ0v) is 17.1. The summed E-state index contributed by atoms with van der Waals surface area (Å²) in [7, 11) is 0. The van der Waals surface area contributed by atoms with E-state index in [4.69, 9.17) is 28.0 Å². The molecule has 0 atom stereocenters. The summed E-state index contributed by atoms with van der Waals surface area (Å²) >= 11 is 12.1. The number of halogens is 2. The standard InChI is InChI=1S/C22H16Cl2N4O2/c23-15-7-4-8-17(11-15)26-22(29)30-28-20-13-25-21(14-5-2-1-3-6-14)18-12-16(24)9-10-19(18)27-20/h1-12H,13H2,(H,26,29)(H,27,28). The Hall–Kier alpha value is -3.35. The highest BCUT2D eigenvalue weighted by Gasteiger charge is 2.17. The number of amides is 1. The van der Waals surface area contributed by atoms with Crippen LogP contribution < -0.4 is 10.8 Å². The zero-order valence-electron chi connectivity index (χ0n) is 15.6. The van der Waals surface area contributed by atoms with Crippen LogP contribution in [0, 0.1) is 0 Å². The molecule has 0 aromatic heterocycles. The maximum Gasteiger partial charge on any atom is 0.435 e. The molecule has 1 aliphatic rings. The summed E-state index contributed by atoms with van der Waals surface area (Å²) in [6.45, 7) is 0.195. The average Bonchev–Trinajstić information content (AvgIpc) is 2.92. The number of hydrogen-bond acceptors (Lipinski definition) is 5. The van der Waals surface area contributed by atoms with Crippen LogP contribution in [0.15, 0.2) is 82.8 Å². The quantitative estimate of drug-likeness (QED) is 0.509. The molecule has 1 amide bonds. The average molecular weight is 439 g/mol. The third kappa shape index (κ3) is 4.79. The molecule has 0 unspecified atom stereocenters. The Balaban J connectivity index is 1.53. The van der Waals surface area contributed by atoms with Gasteiger partial charge in [0.15, 0.2) is 5.84 Å². The minimum atomic E-state index is -0.701. The summed E-state index contributed by atoms with van der Waals surface area (Å²) in [5.41, 5.74) is 6.27. The van der Waals surface area contributed by atoms with Crippen molar-refractivity contribution in [3.8, 4) is 0 Å². The van der Waals surface area contributed by atoms with E-state index in [0.717, 1.165) is 16.8 Å². The van der Waals surface area contributed by atoms with Gasteiger partial charge in [-0.1, -0.05) is 59.6 Å². The Morgan fingerprint density at radius 1 is 0.933 bits per heavy atom. The first-order valence-corrected chi connectivity index (χ1v) is 9.81. The molecule has 1 heterocycles. The Kier molecular flexibility index (Phi) is 5.97. The molecule has 0 aliphatic carbocycles. The smallest absolute Gasteiger partial charge is 0.323 e. The third-order valence-corrected chi connectivity index (χ3v) is 4.71. The largest absolute Gasteiger partial charge is 0.435 e. The van der Waals surface area contributed by atoms with E-state index in [1.54, 1.807) is 36.4 Å². The minimum absolute atomic E-state index is 0.195. The first-order chi connectivity index (χ1) is 14.6. The van der Waals surface area contributed by atoms with Gasteiger partial charge in [0.1, 0.15) is 6.54 Å². The van der Waals surface area contributed by atoms with Crippen molar-refractivity contribution >= 4 is 52.2 Å². The summed E-state index contributed by atoms with van der Waals surface area (Å²) in [4.78, 5) is 26.4. The molecule has 1 aliphatic heterocycles. The maximum atomic E-state index is 12.1. The molecule has 3 aromatic rings. The fraction of sp³-hybridized carbons (Fsp3) is 0.0455. The van der Waals surface area contributed by atoms with E-state index in [2.05, 4.69) is 20.8 Å². The minimum Gasteiger partial charge on any atom is -0.323 e. The fourth-order valence-corrected chi connectivity index (χ4v) is 3.29. The molecule has 6 nitrogen and oxygen atoms in total. The van der Waals surface area contributed by atoms with Gasteiger partial charge >= 0.3 is 6.09 Å². The molecule has 150 valence electrons. The van der Waals surface area contributed by atoms with Crippen LogP contribution in [0.1, 0.15) is 11.1 Å². The Morgan fingerprint density at radius 2 is 1.73 bits per heavy atom. The summed E-state index contributed by atoms with van der Waals surface area (Å²) in [6.07, 6.45) is -0.701. The van der Waals surface area contributed by atoms with E-state index in [1.165, 1.54) is 0 Å². The molecular formula is C22H16Cl2N4O2. The zero-order chi connectivity index (χ0) is 20.9. The van der Waals surface area contributed by atoms with Crippen molar-refractivity contribution < 1.29 is 9.63 Å². The first-order valence-electron chi connectivity index (χ1n) is 9.05. The fourth-order valence-electron chi connectivity index (χ4n) is 2.93. The van der Waals surface area contributed by atoms with Crippen LogP contribution in [0.3, 0.4) is 0 Å². The van der Waals surface area contributed by atoms with Crippen molar-refractivity contribution in [1.29, 1.82) is 0 Å². The number of rotatable bonds is 2. The molecular weight excluding hydrogens is 423 g/mol. The summed E-state index contributed by atoms with van der Waals surface area (Å²) < 4.78 is 0. The molecule has 0 saturated heterocycles. The van der Waals surface area contributed by atoms with Crippen LogP contribution in [0.4, 0.5) is 16.2 Å². The van der Waals surface area contributed by atoms with E-state index in [0.29, 0.717) is 27.3 Å². The Labute approximate surface area is 183 Å². The lowest BCUT2D eigenvalue weighted by atomic mass is 10.0. The van der Waals surface area contributed by atoms with E-state index >= 15 is 0 Å². The van der Waals surface area contributed by atoms with E-state index in [-0.39, 0.29) is 6.54 Å². The third-order valence-electron chi connectivity index (χ3n) is 4.24. The van der Waals surface area contributed by atoms with Crippen molar-refractivity contribution in [3.05, 3.63) is 94.0 Å². The number of hydroxylamine groups is 1. The van der Waals surface area contributed by atoms with Gasteiger partial charge in [-0.05, 0) is 36.4 Å². The van der Waals surface area contributed by atoms with Crippen molar-refractivity contribution in [2.24, 2.45) is 9.98 Å². The topological polar surface area (TPSA) is 75.1 Å². The second-order valence-electron chi connectivity index (χ2n) is 6.38. The van der Waals surface area contributed by atoms with Gasteiger partial charge in [0.2, 0.25) is 0 Å². The summed E-state index contributed by atoms with van der Waals surface area (Å²) in [5, 5.41) is 3.67. The predicted molar refractivity (Wildman–Crippen MR) is 120 cm³/mol. The van der Waals surface area contributed by atoms with Gasteiger partial charge in [-0.25, -0.2) is 15.3 Å². The van der Waals surface area contributed by atoms with Crippen molar-refractivity contribution in [2.75, 3.05) is 11.9 Å². The molecule has 0 spiro atoms. The van der Waals surface area contributed by atoms with Gasteiger partial charge in [-0.2, -0.15) is 0 Å². The summed E-state index contributed by atoms with van der Waals surface area (Å²) in [6, 6.07) is 21.9. The lowest BCUT2D eigenvalue weighted by Gasteiger charge is -2.09. The number of fused-ring (bicyclic) bond motifs is 1. The van der Waals surface area contributed by atoms with Crippen LogP contribution in [0.25, 0.3) is 0 Å². The van der Waals surface area contributed by atoms with Gasteiger partial charge in [-0.15, -0.1) is 0 Å². The SMILES string of the molecule is O=C(Nc1cccc(Cl)c1)ONC1=Nc2ccc(Cl)cc2C(c2ccccc2)=NC1. The number of benzene rings is 3. The number of amidine groups is 1. The maximum absolute atomic E-state index is 12.1. The number of nitrogens with zero attached hydrogens (tertiary/aromatic N) is 2. The molecule has 8 heteroatoms. The van der Waals surface area contributed by atoms with E-state index in [9.17, 15) is 4.79 Å². The molecule has 0 bridgehead atoms. The second kappa shape index (κ2) is 8.98. The van der Waals surface area contributed by atoms with Crippen LogP contribution in [-0.2, 0) is 4.84 Å². The number of aliphatic imine (C=N–C) groups is 2.